The minimum Gasteiger partial charge on any atom is -0.350 e. The monoisotopic (exact) mass is 229 g/mol. The predicted molar refractivity (Wildman–Crippen MR) is 63.8 cm³/mol. The normalized spacial score (nSPS) is 13.1. The van der Waals surface area contributed by atoms with Crippen molar-refractivity contribution in [3.05, 3.63) is 0 Å². The van der Waals surface area contributed by atoms with E-state index in [1.54, 1.807) is 0 Å². The van der Waals surface area contributed by atoms with Gasteiger partial charge in [-0.1, -0.05) is 13.3 Å². The number of nitrogens with one attached hydrogen (secondary N) is 2. The number of rotatable bonds is 5. The van der Waals surface area contributed by atoms with Gasteiger partial charge in [-0.2, -0.15) is 0 Å². The van der Waals surface area contributed by atoms with Gasteiger partial charge in [-0.15, -0.1) is 0 Å². The summed E-state index contributed by atoms with van der Waals surface area (Å²) < 4.78 is 0. The molecule has 0 unspecified atom stereocenters. The molecule has 0 radical (unpaired) electrons. The molecule has 0 aromatic heterocycles. The third kappa shape index (κ3) is 7.23. The van der Waals surface area contributed by atoms with E-state index in [2.05, 4.69) is 10.6 Å². The highest BCUT2D eigenvalue weighted by Crippen LogP contribution is 1.97. The number of hydrogen-bond donors (Lipinski definition) is 3. The fraction of sp³-hybridized carbons (Fsp3) is 0.818. The van der Waals surface area contributed by atoms with Crippen LogP contribution in [0.5, 0.6) is 0 Å². The fourth-order valence-corrected chi connectivity index (χ4v) is 1.20. The van der Waals surface area contributed by atoms with Crippen LogP contribution in [0.2, 0.25) is 0 Å². The van der Waals surface area contributed by atoms with Crippen molar-refractivity contribution in [3.63, 3.8) is 0 Å². The van der Waals surface area contributed by atoms with E-state index in [0.29, 0.717) is 6.42 Å². The lowest BCUT2D eigenvalue weighted by molar-refractivity contribution is -0.127. The van der Waals surface area contributed by atoms with Gasteiger partial charge < -0.3 is 16.4 Å². The van der Waals surface area contributed by atoms with Gasteiger partial charge in [-0.25, -0.2) is 0 Å². The van der Waals surface area contributed by atoms with Crippen LogP contribution in [0.3, 0.4) is 0 Å². The first kappa shape index (κ1) is 14.9. The summed E-state index contributed by atoms with van der Waals surface area (Å²) in [4.78, 5) is 22.8. The summed E-state index contributed by atoms with van der Waals surface area (Å²) in [5, 5.41) is 5.26. The summed E-state index contributed by atoms with van der Waals surface area (Å²) in [6.07, 6.45) is 1.48. The molecule has 0 aliphatic rings. The maximum absolute atomic E-state index is 11.4. The maximum Gasteiger partial charge on any atom is 0.239 e. The van der Waals surface area contributed by atoms with Crippen molar-refractivity contribution in [2.45, 2.75) is 52.1 Å². The molecule has 0 fully saturated rings. The van der Waals surface area contributed by atoms with Crippen LogP contribution in [-0.4, -0.2) is 29.9 Å². The molecule has 4 N–H and O–H groups in total. The van der Waals surface area contributed by atoms with E-state index in [0.717, 1.165) is 6.42 Å². The molecule has 1 atom stereocenters. The Hall–Kier alpha value is -1.10. The van der Waals surface area contributed by atoms with E-state index in [1.807, 2.05) is 27.7 Å². The Morgan fingerprint density at radius 1 is 1.31 bits per heavy atom. The van der Waals surface area contributed by atoms with Crippen LogP contribution < -0.4 is 16.4 Å². The van der Waals surface area contributed by atoms with Gasteiger partial charge in [0.2, 0.25) is 11.8 Å². The van der Waals surface area contributed by atoms with Crippen molar-refractivity contribution in [2.75, 3.05) is 6.54 Å². The number of hydrogen-bond acceptors (Lipinski definition) is 3. The molecule has 5 heteroatoms. The molecule has 0 aliphatic carbocycles. The van der Waals surface area contributed by atoms with Crippen LogP contribution in [0.4, 0.5) is 0 Å². The second kappa shape index (κ2) is 6.48. The predicted octanol–water partition coefficient (Wildman–Crippen LogP) is 0.145. The molecular weight excluding hydrogens is 206 g/mol. The van der Waals surface area contributed by atoms with Gasteiger partial charge >= 0.3 is 0 Å². The highest BCUT2D eigenvalue weighted by atomic mass is 16.2. The lowest BCUT2D eigenvalue weighted by Crippen LogP contribution is -2.48. The smallest absolute Gasteiger partial charge is 0.239 e. The average molecular weight is 229 g/mol. The second-order valence-corrected chi connectivity index (χ2v) is 4.91. The zero-order valence-corrected chi connectivity index (χ0v) is 10.6. The van der Waals surface area contributed by atoms with Crippen molar-refractivity contribution in [1.29, 1.82) is 0 Å². The molecule has 94 valence electrons. The van der Waals surface area contributed by atoms with Crippen LogP contribution in [-0.2, 0) is 9.59 Å². The lowest BCUT2D eigenvalue weighted by Gasteiger charge is -2.20. The van der Waals surface area contributed by atoms with E-state index in [1.165, 1.54) is 0 Å². The Morgan fingerprint density at radius 3 is 2.31 bits per heavy atom. The molecule has 16 heavy (non-hydrogen) atoms. The number of carbonyl (C=O) groups excluding carboxylic acids is 2. The Labute approximate surface area is 97.2 Å². The van der Waals surface area contributed by atoms with Crippen molar-refractivity contribution < 1.29 is 9.59 Å². The molecule has 0 heterocycles. The van der Waals surface area contributed by atoms with E-state index >= 15 is 0 Å². The topological polar surface area (TPSA) is 84.2 Å². The highest BCUT2D eigenvalue weighted by Gasteiger charge is 2.16. The van der Waals surface area contributed by atoms with Gasteiger partial charge in [0.1, 0.15) is 0 Å². The Balaban J connectivity index is 3.88. The summed E-state index contributed by atoms with van der Waals surface area (Å²) in [6, 6.07) is -0.521. The van der Waals surface area contributed by atoms with Crippen molar-refractivity contribution in [2.24, 2.45) is 5.73 Å². The first-order valence-electron chi connectivity index (χ1n) is 5.60. The van der Waals surface area contributed by atoms with Crippen LogP contribution in [0.25, 0.3) is 0 Å². The van der Waals surface area contributed by atoms with Gasteiger partial charge in [0.05, 0.1) is 12.6 Å². The molecule has 0 spiro atoms. The molecule has 0 aromatic rings. The Kier molecular flexibility index (Phi) is 6.03. The van der Waals surface area contributed by atoms with Gasteiger partial charge in [0.25, 0.3) is 0 Å². The van der Waals surface area contributed by atoms with E-state index < -0.39 is 6.04 Å². The Morgan fingerprint density at radius 2 is 1.88 bits per heavy atom. The maximum atomic E-state index is 11.4. The molecule has 0 rings (SSSR count). The quantitative estimate of drug-likeness (QED) is 0.627. The van der Waals surface area contributed by atoms with Crippen LogP contribution >= 0.6 is 0 Å². The van der Waals surface area contributed by atoms with Gasteiger partial charge in [-0.05, 0) is 27.2 Å². The zero-order valence-electron chi connectivity index (χ0n) is 10.6. The first-order chi connectivity index (χ1) is 7.26. The van der Waals surface area contributed by atoms with Crippen LogP contribution in [0, 0.1) is 0 Å². The summed E-state index contributed by atoms with van der Waals surface area (Å²) in [5.74, 6) is -0.476. The molecular formula is C11H23N3O2. The summed E-state index contributed by atoms with van der Waals surface area (Å²) in [6.45, 7) is 7.59. The van der Waals surface area contributed by atoms with E-state index in [-0.39, 0.29) is 23.9 Å². The van der Waals surface area contributed by atoms with Gasteiger partial charge in [-0.3, -0.25) is 9.59 Å². The van der Waals surface area contributed by atoms with Crippen molar-refractivity contribution in [3.8, 4) is 0 Å². The van der Waals surface area contributed by atoms with Crippen molar-refractivity contribution >= 4 is 11.8 Å². The molecule has 0 saturated heterocycles. The average Bonchev–Trinajstić information content (AvgIpc) is 2.11. The highest BCUT2D eigenvalue weighted by molar-refractivity contribution is 5.87. The van der Waals surface area contributed by atoms with E-state index in [9.17, 15) is 9.59 Å². The standard InChI is InChI=1S/C11H23N3O2/c1-5-6-8(12)10(16)13-7-9(15)14-11(2,3)4/h8H,5-7,12H2,1-4H3,(H,13,16)(H,14,15)/t8-/m0/s1. The number of carbonyl (C=O) groups is 2. The summed E-state index contributed by atoms with van der Waals surface area (Å²) >= 11 is 0. The second-order valence-electron chi connectivity index (χ2n) is 4.91. The SMILES string of the molecule is CCC[C@H](N)C(=O)NCC(=O)NC(C)(C)C. The summed E-state index contributed by atoms with van der Waals surface area (Å²) in [5.41, 5.74) is 5.31. The summed E-state index contributed by atoms with van der Waals surface area (Å²) in [7, 11) is 0. The minimum absolute atomic E-state index is 0.0203. The zero-order chi connectivity index (χ0) is 12.8. The lowest BCUT2D eigenvalue weighted by atomic mass is 10.1. The fourth-order valence-electron chi connectivity index (χ4n) is 1.20. The van der Waals surface area contributed by atoms with Crippen molar-refractivity contribution in [1.82, 2.24) is 10.6 Å². The molecule has 0 aromatic carbocycles. The third-order valence-electron chi connectivity index (χ3n) is 1.87. The molecule has 0 bridgehead atoms. The number of amides is 2. The molecule has 5 nitrogen and oxygen atoms in total. The molecule has 0 aliphatic heterocycles. The largest absolute Gasteiger partial charge is 0.350 e. The van der Waals surface area contributed by atoms with E-state index in [4.69, 9.17) is 5.73 Å². The number of nitrogens with two attached hydrogens (primary N) is 1. The minimum atomic E-state index is -0.521. The Bertz CT molecular complexity index is 246. The molecule has 0 saturated carbocycles. The third-order valence-corrected chi connectivity index (χ3v) is 1.87. The van der Waals surface area contributed by atoms with Gasteiger partial charge in [0, 0.05) is 5.54 Å². The van der Waals surface area contributed by atoms with Gasteiger partial charge in [0.15, 0.2) is 0 Å². The molecule has 2 amide bonds. The van der Waals surface area contributed by atoms with Crippen LogP contribution in [0.1, 0.15) is 40.5 Å². The van der Waals surface area contributed by atoms with Crippen LogP contribution in [0.15, 0.2) is 0 Å². The first-order valence-corrected chi connectivity index (χ1v) is 5.60.